The molecule has 16 heavy (non-hydrogen) atoms. The van der Waals surface area contributed by atoms with Crippen molar-refractivity contribution in [2.75, 3.05) is 13.2 Å². The van der Waals surface area contributed by atoms with Gasteiger partial charge in [-0.05, 0) is 40.9 Å². The number of ether oxygens (including phenoxy) is 1. The van der Waals surface area contributed by atoms with E-state index in [0.29, 0.717) is 5.92 Å². The Kier molecular flexibility index (Phi) is 2.69. The van der Waals surface area contributed by atoms with Crippen LogP contribution in [0.25, 0.3) is 5.65 Å². The van der Waals surface area contributed by atoms with Crippen LogP contribution < -0.4 is 0 Å². The van der Waals surface area contributed by atoms with E-state index >= 15 is 0 Å². The Bertz CT molecular complexity index is 503. The van der Waals surface area contributed by atoms with E-state index in [4.69, 9.17) is 4.74 Å². The highest BCUT2D eigenvalue weighted by molar-refractivity contribution is 9.10. The average Bonchev–Trinajstić information content (AvgIpc) is 2.76. The van der Waals surface area contributed by atoms with Crippen molar-refractivity contribution in [3.63, 3.8) is 0 Å². The molecule has 0 bridgehead atoms. The van der Waals surface area contributed by atoms with Crippen molar-refractivity contribution in [2.24, 2.45) is 0 Å². The van der Waals surface area contributed by atoms with E-state index in [0.717, 1.165) is 35.6 Å². The number of aromatic nitrogens is 2. The maximum absolute atomic E-state index is 5.50. The summed E-state index contributed by atoms with van der Waals surface area (Å²) in [6.45, 7) is 1.70. The number of halogens is 1. The molecule has 1 atom stereocenters. The smallest absolute Gasteiger partial charge is 0.137 e. The Morgan fingerprint density at radius 2 is 2.38 bits per heavy atom. The molecular weight excluding hydrogens is 268 g/mol. The van der Waals surface area contributed by atoms with Crippen molar-refractivity contribution >= 4 is 21.6 Å². The predicted octanol–water partition coefficient (Wildman–Crippen LogP) is 2.99. The first-order valence-electron chi connectivity index (χ1n) is 5.56. The van der Waals surface area contributed by atoms with Gasteiger partial charge >= 0.3 is 0 Å². The monoisotopic (exact) mass is 280 g/mol. The van der Waals surface area contributed by atoms with E-state index in [9.17, 15) is 0 Å². The number of nitrogens with zero attached hydrogens (tertiary/aromatic N) is 2. The van der Waals surface area contributed by atoms with Gasteiger partial charge in [0.15, 0.2) is 0 Å². The van der Waals surface area contributed by atoms with Crippen LogP contribution in [-0.2, 0) is 4.74 Å². The third-order valence-electron chi connectivity index (χ3n) is 3.04. The molecule has 4 heteroatoms. The van der Waals surface area contributed by atoms with Gasteiger partial charge in [0.25, 0.3) is 0 Å². The first-order chi connectivity index (χ1) is 7.84. The average molecular weight is 281 g/mol. The number of imidazole rings is 1. The molecular formula is C12H13BrN2O. The Balaban J connectivity index is 2.01. The predicted molar refractivity (Wildman–Crippen MR) is 65.7 cm³/mol. The number of hydrogen-bond donors (Lipinski definition) is 0. The van der Waals surface area contributed by atoms with Gasteiger partial charge in [-0.25, -0.2) is 4.98 Å². The highest BCUT2D eigenvalue weighted by Gasteiger charge is 2.19. The molecule has 0 aromatic carbocycles. The van der Waals surface area contributed by atoms with Crippen LogP contribution in [0.15, 0.2) is 29.0 Å². The fourth-order valence-corrected chi connectivity index (χ4v) is 2.60. The number of rotatable bonds is 1. The van der Waals surface area contributed by atoms with Gasteiger partial charge in [-0.3, -0.25) is 4.40 Å². The Labute approximate surface area is 103 Å². The molecule has 3 heterocycles. The highest BCUT2D eigenvalue weighted by atomic mass is 79.9. The summed E-state index contributed by atoms with van der Waals surface area (Å²) < 4.78 is 8.62. The molecule has 0 N–H and O–H groups in total. The minimum atomic E-state index is 0.459. The van der Waals surface area contributed by atoms with Crippen molar-refractivity contribution in [2.45, 2.75) is 18.8 Å². The van der Waals surface area contributed by atoms with Gasteiger partial charge < -0.3 is 4.74 Å². The van der Waals surface area contributed by atoms with E-state index in [1.54, 1.807) is 0 Å². The van der Waals surface area contributed by atoms with Gasteiger partial charge in [0, 0.05) is 18.7 Å². The summed E-state index contributed by atoms with van der Waals surface area (Å²) in [5.74, 6) is 0.459. The molecule has 0 aliphatic carbocycles. The fourth-order valence-electron chi connectivity index (χ4n) is 2.17. The Hall–Kier alpha value is -0.870. The number of hydrogen-bond acceptors (Lipinski definition) is 2. The summed E-state index contributed by atoms with van der Waals surface area (Å²) in [4.78, 5) is 4.65. The Morgan fingerprint density at radius 3 is 3.12 bits per heavy atom. The topological polar surface area (TPSA) is 26.5 Å². The van der Waals surface area contributed by atoms with Crippen molar-refractivity contribution in [1.29, 1.82) is 0 Å². The first kappa shape index (κ1) is 10.3. The summed E-state index contributed by atoms with van der Waals surface area (Å²) in [6.07, 6.45) is 4.43. The first-order valence-corrected chi connectivity index (χ1v) is 6.35. The molecule has 0 spiro atoms. The van der Waals surface area contributed by atoms with Crippen LogP contribution in [0.4, 0.5) is 0 Å². The zero-order chi connectivity index (χ0) is 11.0. The zero-order valence-corrected chi connectivity index (χ0v) is 10.5. The van der Waals surface area contributed by atoms with Gasteiger partial charge in [-0.2, -0.15) is 0 Å². The van der Waals surface area contributed by atoms with E-state index in [2.05, 4.69) is 31.5 Å². The van der Waals surface area contributed by atoms with E-state index < -0.39 is 0 Å². The van der Waals surface area contributed by atoms with Crippen molar-refractivity contribution < 1.29 is 4.74 Å². The maximum Gasteiger partial charge on any atom is 0.137 e. The number of fused-ring (bicyclic) bond motifs is 1. The third kappa shape index (κ3) is 1.76. The van der Waals surface area contributed by atoms with E-state index in [1.807, 2.05) is 18.2 Å². The van der Waals surface area contributed by atoms with E-state index in [1.165, 1.54) is 6.42 Å². The van der Waals surface area contributed by atoms with Crippen LogP contribution in [0.2, 0.25) is 0 Å². The second kappa shape index (κ2) is 4.18. The summed E-state index contributed by atoms with van der Waals surface area (Å²) in [6, 6.07) is 6.06. The molecule has 2 aromatic rings. The molecule has 0 amide bonds. The lowest BCUT2D eigenvalue weighted by atomic mass is 9.99. The molecule has 3 rings (SSSR count). The summed E-state index contributed by atoms with van der Waals surface area (Å²) >= 11 is 3.53. The SMILES string of the molecule is Brc1cccc2nc(C3CCCOC3)cn12. The molecule has 1 saturated heterocycles. The maximum atomic E-state index is 5.50. The highest BCUT2D eigenvalue weighted by Crippen LogP contribution is 2.26. The summed E-state index contributed by atoms with van der Waals surface area (Å²) in [5.41, 5.74) is 2.14. The normalized spacial score (nSPS) is 21.4. The van der Waals surface area contributed by atoms with Crippen molar-refractivity contribution in [1.82, 2.24) is 9.38 Å². The van der Waals surface area contributed by atoms with Crippen LogP contribution in [0.3, 0.4) is 0 Å². The lowest BCUT2D eigenvalue weighted by Gasteiger charge is -2.19. The van der Waals surface area contributed by atoms with Crippen LogP contribution in [0.5, 0.6) is 0 Å². The summed E-state index contributed by atoms with van der Waals surface area (Å²) in [7, 11) is 0. The van der Waals surface area contributed by atoms with Gasteiger partial charge in [0.2, 0.25) is 0 Å². The minimum absolute atomic E-state index is 0.459. The molecule has 84 valence electrons. The second-order valence-corrected chi connectivity index (χ2v) is 4.97. The largest absolute Gasteiger partial charge is 0.381 e. The van der Waals surface area contributed by atoms with Crippen LogP contribution in [-0.4, -0.2) is 22.6 Å². The molecule has 1 aliphatic rings. The lowest BCUT2D eigenvalue weighted by molar-refractivity contribution is 0.0794. The molecule has 3 nitrogen and oxygen atoms in total. The van der Waals surface area contributed by atoms with Gasteiger partial charge in [0.05, 0.1) is 16.9 Å². The fraction of sp³-hybridized carbons (Fsp3) is 0.417. The van der Waals surface area contributed by atoms with E-state index in [-0.39, 0.29) is 0 Å². The van der Waals surface area contributed by atoms with Crippen LogP contribution in [0.1, 0.15) is 24.5 Å². The van der Waals surface area contributed by atoms with Crippen LogP contribution >= 0.6 is 15.9 Å². The standard InChI is InChI=1S/C12H13BrN2O/c13-11-4-1-5-12-14-10(7-15(11)12)9-3-2-6-16-8-9/h1,4-5,7,9H,2-3,6,8H2. The van der Waals surface area contributed by atoms with Crippen LogP contribution in [0, 0.1) is 0 Å². The molecule has 0 saturated carbocycles. The van der Waals surface area contributed by atoms with Crippen molar-refractivity contribution in [3.8, 4) is 0 Å². The molecule has 2 aromatic heterocycles. The van der Waals surface area contributed by atoms with Gasteiger partial charge in [-0.1, -0.05) is 6.07 Å². The quantitative estimate of drug-likeness (QED) is 0.751. The third-order valence-corrected chi connectivity index (χ3v) is 3.69. The minimum Gasteiger partial charge on any atom is -0.381 e. The second-order valence-electron chi connectivity index (χ2n) is 4.16. The van der Waals surface area contributed by atoms with Gasteiger partial charge in [-0.15, -0.1) is 0 Å². The van der Waals surface area contributed by atoms with Crippen molar-refractivity contribution in [3.05, 3.63) is 34.7 Å². The molecule has 1 unspecified atom stereocenters. The zero-order valence-electron chi connectivity index (χ0n) is 8.90. The molecule has 1 aliphatic heterocycles. The number of pyridine rings is 1. The summed E-state index contributed by atoms with van der Waals surface area (Å²) in [5, 5.41) is 0. The lowest BCUT2D eigenvalue weighted by Crippen LogP contribution is -2.15. The van der Waals surface area contributed by atoms with Gasteiger partial charge in [0.1, 0.15) is 5.65 Å². The molecule has 0 radical (unpaired) electrons. The molecule has 1 fully saturated rings. The Morgan fingerprint density at radius 1 is 1.44 bits per heavy atom.